The molecule has 0 aromatic heterocycles. The first-order chi connectivity index (χ1) is 11.4. The second kappa shape index (κ2) is 10.2. The van der Waals surface area contributed by atoms with Crippen LogP contribution in [0.5, 0.6) is 0 Å². The molecule has 0 aliphatic heterocycles. The summed E-state index contributed by atoms with van der Waals surface area (Å²) in [5.41, 5.74) is 4.06. The maximum absolute atomic E-state index is 12.7. The molecule has 0 saturated heterocycles. The average molecular weight is 442 g/mol. The van der Waals surface area contributed by atoms with Crippen LogP contribution in [0.4, 0.5) is 5.69 Å². The number of nitrogens with one attached hydrogen (secondary N) is 1. The first kappa shape index (κ1) is 20.4. The van der Waals surface area contributed by atoms with Crippen molar-refractivity contribution in [1.82, 2.24) is 5.48 Å². The monoisotopic (exact) mass is 442 g/mol. The fraction of sp³-hybridized carbons (Fsp3) is 0.333. The summed E-state index contributed by atoms with van der Waals surface area (Å²) in [7, 11) is 2.01. The van der Waals surface area contributed by atoms with Crippen molar-refractivity contribution >= 4 is 40.0 Å². The Morgan fingerprint density at radius 2 is 1.92 bits per heavy atom. The van der Waals surface area contributed by atoms with Crippen LogP contribution in [0.15, 0.2) is 48.1 Å². The molecule has 6 heteroatoms. The van der Waals surface area contributed by atoms with E-state index < -0.39 is 5.91 Å². The largest absolute Gasteiger partial charge is 0.375 e. The van der Waals surface area contributed by atoms with Crippen LogP contribution in [0, 0.1) is 5.92 Å². The van der Waals surface area contributed by atoms with Crippen LogP contribution >= 0.6 is 22.6 Å². The fourth-order valence-corrected chi connectivity index (χ4v) is 2.74. The molecule has 1 rings (SSSR count). The molecule has 1 atom stereocenters. The Balaban J connectivity index is 2.89. The zero-order chi connectivity index (χ0) is 18.1. The highest BCUT2D eigenvalue weighted by Gasteiger charge is 2.17. The minimum Gasteiger partial charge on any atom is -0.375 e. The number of hydrogen-bond acceptors (Lipinski definition) is 4. The lowest BCUT2D eigenvalue weighted by Crippen LogP contribution is -2.17. The topological polar surface area (TPSA) is 69.6 Å². The minimum absolute atomic E-state index is 0.0504. The number of hydrogen-bond donors (Lipinski definition) is 2. The van der Waals surface area contributed by atoms with Gasteiger partial charge in [-0.25, -0.2) is 5.48 Å². The Labute approximate surface area is 156 Å². The summed E-state index contributed by atoms with van der Waals surface area (Å²) in [6, 6.07) is 7.59. The number of allylic oxidation sites excluding steroid dienone is 3. The summed E-state index contributed by atoms with van der Waals surface area (Å²) in [6.45, 7) is 4.79. The molecular formula is C18H23IN2O3. The van der Waals surface area contributed by atoms with E-state index in [2.05, 4.69) is 34.4 Å². The fourth-order valence-electron chi connectivity index (χ4n) is 2.08. The van der Waals surface area contributed by atoms with Gasteiger partial charge in [-0.3, -0.25) is 14.8 Å². The molecule has 0 heterocycles. The lowest BCUT2D eigenvalue weighted by atomic mass is 9.97. The van der Waals surface area contributed by atoms with E-state index in [1.54, 1.807) is 6.08 Å². The second-order valence-corrected chi connectivity index (χ2v) is 6.29. The third-order valence-electron chi connectivity index (χ3n) is 3.64. The Hall–Kier alpha value is -1.67. The molecule has 0 radical (unpaired) electrons. The Morgan fingerprint density at radius 3 is 2.42 bits per heavy atom. The van der Waals surface area contributed by atoms with Crippen molar-refractivity contribution in [3.63, 3.8) is 0 Å². The molecule has 1 amide bonds. The lowest BCUT2D eigenvalue weighted by molar-refractivity contribution is -0.124. The zero-order valence-corrected chi connectivity index (χ0v) is 16.3. The van der Waals surface area contributed by atoms with Gasteiger partial charge in [-0.05, 0) is 38.1 Å². The summed E-state index contributed by atoms with van der Waals surface area (Å²) >= 11 is 2.18. The summed E-state index contributed by atoms with van der Waals surface area (Å²) in [4.78, 5) is 25.7. The van der Waals surface area contributed by atoms with Crippen LogP contribution < -0.4 is 10.4 Å². The van der Waals surface area contributed by atoms with E-state index in [-0.39, 0.29) is 11.7 Å². The van der Waals surface area contributed by atoms with Crippen LogP contribution in [0.3, 0.4) is 0 Å². The van der Waals surface area contributed by atoms with E-state index in [9.17, 15) is 9.59 Å². The average Bonchev–Trinajstić information content (AvgIpc) is 2.62. The maximum atomic E-state index is 12.7. The van der Waals surface area contributed by atoms with Gasteiger partial charge in [-0.1, -0.05) is 40.3 Å². The van der Waals surface area contributed by atoms with Gasteiger partial charge in [0.25, 0.3) is 5.91 Å². The van der Waals surface area contributed by atoms with Crippen molar-refractivity contribution in [2.45, 2.75) is 13.8 Å². The normalized spacial score (nSPS) is 13.0. The van der Waals surface area contributed by atoms with Crippen LogP contribution in [0.25, 0.3) is 0 Å². The maximum Gasteiger partial charge on any atom is 0.267 e. The number of nitrogens with zero attached hydrogens (tertiary/aromatic N) is 1. The van der Waals surface area contributed by atoms with Crippen molar-refractivity contribution in [3.8, 4) is 0 Å². The minimum atomic E-state index is -0.601. The third-order valence-corrected chi connectivity index (χ3v) is 4.59. The number of amides is 1. The van der Waals surface area contributed by atoms with E-state index in [4.69, 9.17) is 5.21 Å². The van der Waals surface area contributed by atoms with Crippen LogP contribution in [-0.2, 0) is 4.79 Å². The molecule has 5 nitrogen and oxygen atoms in total. The number of carbonyl (C=O) groups excluding carboxylic acids is 2. The van der Waals surface area contributed by atoms with Gasteiger partial charge in [0.2, 0.25) is 0 Å². The van der Waals surface area contributed by atoms with E-state index >= 15 is 0 Å². The van der Waals surface area contributed by atoms with E-state index in [1.165, 1.54) is 11.6 Å². The molecular weight excluding hydrogens is 419 g/mol. The van der Waals surface area contributed by atoms with Gasteiger partial charge in [0.05, 0.1) is 0 Å². The molecule has 0 saturated carbocycles. The lowest BCUT2D eigenvalue weighted by Gasteiger charge is -2.17. The molecule has 0 spiro atoms. The molecule has 1 aromatic rings. The van der Waals surface area contributed by atoms with Crippen molar-refractivity contribution < 1.29 is 14.8 Å². The van der Waals surface area contributed by atoms with E-state index in [0.717, 1.165) is 17.8 Å². The smallest absolute Gasteiger partial charge is 0.267 e. The quantitative estimate of drug-likeness (QED) is 0.123. The number of carbonyl (C=O) groups is 2. The highest BCUT2D eigenvalue weighted by atomic mass is 127. The number of benzene rings is 1. The molecule has 0 aliphatic rings. The van der Waals surface area contributed by atoms with Gasteiger partial charge in [-0.2, -0.15) is 0 Å². The molecule has 2 N–H and O–H groups in total. The molecule has 0 bridgehead atoms. The number of hydroxylamine groups is 1. The molecule has 130 valence electrons. The molecule has 24 heavy (non-hydrogen) atoms. The van der Waals surface area contributed by atoms with Gasteiger partial charge in [-0.15, -0.1) is 0 Å². The Morgan fingerprint density at radius 1 is 1.29 bits per heavy atom. The van der Waals surface area contributed by atoms with Gasteiger partial charge in [0.15, 0.2) is 5.78 Å². The summed E-state index contributed by atoms with van der Waals surface area (Å²) in [5, 5.41) is 8.46. The number of ketones is 1. The number of halogens is 1. The SMILES string of the molecule is CCN(C)c1ccc(C(=O)[C@@H](/C=C(C)/C=C/C(=O)NO)CI)cc1. The summed E-state index contributed by atoms with van der Waals surface area (Å²) in [5.74, 6) is -0.813. The summed E-state index contributed by atoms with van der Waals surface area (Å²) in [6.07, 6.45) is 4.62. The first-order valence-electron chi connectivity index (χ1n) is 7.64. The van der Waals surface area contributed by atoms with Gasteiger partial charge >= 0.3 is 0 Å². The Bertz CT molecular complexity index is 624. The number of alkyl halides is 1. The van der Waals surface area contributed by atoms with E-state index in [1.807, 2.05) is 44.3 Å². The van der Waals surface area contributed by atoms with Crippen molar-refractivity contribution in [1.29, 1.82) is 0 Å². The van der Waals surface area contributed by atoms with Crippen molar-refractivity contribution in [2.75, 3.05) is 22.9 Å². The highest BCUT2D eigenvalue weighted by molar-refractivity contribution is 14.1. The van der Waals surface area contributed by atoms with Gasteiger partial charge < -0.3 is 4.90 Å². The van der Waals surface area contributed by atoms with E-state index in [0.29, 0.717) is 9.99 Å². The number of Topliss-reactive ketones (excluding diaryl/α,β-unsaturated/α-hetero) is 1. The third kappa shape index (κ3) is 6.09. The molecule has 0 aliphatic carbocycles. The Kier molecular flexibility index (Phi) is 8.70. The number of anilines is 1. The zero-order valence-electron chi connectivity index (χ0n) is 14.1. The van der Waals surface area contributed by atoms with Gasteiger partial charge in [0, 0.05) is 41.3 Å². The first-order valence-corrected chi connectivity index (χ1v) is 9.17. The van der Waals surface area contributed by atoms with Gasteiger partial charge in [0.1, 0.15) is 0 Å². The predicted molar refractivity (Wildman–Crippen MR) is 105 cm³/mol. The van der Waals surface area contributed by atoms with Crippen LogP contribution in [0.2, 0.25) is 0 Å². The van der Waals surface area contributed by atoms with Crippen molar-refractivity contribution in [3.05, 3.63) is 53.6 Å². The number of rotatable bonds is 8. The van der Waals surface area contributed by atoms with Crippen LogP contribution in [-0.4, -0.2) is 34.9 Å². The molecule has 0 unspecified atom stereocenters. The molecule has 0 fully saturated rings. The highest BCUT2D eigenvalue weighted by Crippen LogP contribution is 2.19. The van der Waals surface area contributed by atoms with Crippen molar-refractivity contribution in [2.24, 2.45) is 5.92 Å². The molecule has 1 aromatic carbocycles. The summed E-state index contributed by atoms with van der Waals surface area (Å²) < 4.78 is 0.643. The second-order valence-electron chi connectivity index (χ2n) is 5.41. The van der Waals surface area contributed by atoms with Crippen LogP contribution in [0.1, 0.15) is 24.2 Å². The standard InChI is InChI=1S/C18H23IN2O3/c1-4-21(3)16-8-6-14(7-9-16)18(23)15(12-19)11-13(2)5-10-17(22)20-24/h5-11,15,24H,4,12H2,1-3H3,(H,20,22)/b10-5+,13-11+/t15-/m0/s1. The predicted octanol–water partition coefficient (Wildman–Crippen LogP) is 3.38.